The summed E-state index contributed by atoms with van der Waals surface area (Å²) in [6, 6.07) is 6.70. The number of amides is 1. The van der Waals surface area contributed by atoms with Crippen molar-refractivity contribution in [1.82, 2.24) is 10.2 Å². The lowest BCUT2D eigenvalue weighted by Crippen LogP contribution is -2.38. The number of rotatable bonds is 7. The van der Waals surface area contributed by atoms with Gasteiger partial charge in [-0.25, -0.2) is 4.39 Å². The second kappa shape index (κ2) is 7.89. The van der Waals surface area contributed by atoms with E-state index in [2.05, 4.69) is 5.32 Å². The largest absolute Gasteiger partial charge is 0.345 e. The van der Waals surface area contributed by atoms with E-state index in [0.29, 0.717) is 25.1 Å². The van der Waals surface area contributed by atoms with Crippen molar-refractivity contribution in [3.8, 4) is 0 Å². The van der Waals surface area contributed by atoms with E-state index in [-0.39, 0.29) is 17.6 Å². The van der Waals surface area contributed by atoms with Gasteiger partial charge in [-0.15, -0.1) is 0 Å². The molecule has 0 fully saturated rings. The fourth-order valence-corrected chi connectivity index (χ4v) is 2.06. The zero-order valence-corrected chi connectivity index (χ0v) is 11.9. The van der Waals surface area contributed by atoms with Gasteiger partial charge >= 0.3 is 0 Å². The van der Waals surface area contributed by atoms with Gasteiger partial charge in [-0.1, -0.05) is 25.1 Å². The van der Waals surface area contributed by atoms with E-state index < -0.39 is 0 Å². The zero-order valence-electron chi connectivity index (χ0n) is 11.9. The van der Waals surface area contributed by atoms with Crippen molar-refractivity contribution >= 4 is 5.91 Å². The first kappa shape index (κ1) is 15.6. The van der Waals surface area contributed by atoms with Gasteiger partial charge in [-0.2, -0.15) is 0 Å². The van der Waals surface area contributed by atoms with Crippen LogP contribution in [0.25, 0.3) is 0 Å². The molecule has 0 radical (unpaired) electrons. The van der Waals surface area contributed by atoms with Crippen LogP contribution >= 0.6 is 0 Å². The maximum absolute atomic E-state index is 13.5. The Morgan fingerprint density at radius 3 is 2.68 bits per heavy atom. The van der Waals surface area contributed by atoms with Crippen LogP contribution in [0.3, 0.4) is 0 Å². The summed E-state index contributed by atoms with van der Waals surface area (Å²) in [5.74, 6) is -0.0885. The summed E-state index contributed by atoms with van der Waals surface area (Å²) >= 11 is 0. The Morgan fingerprint density at radius 2 is 2.11 bits per heavy atom. The number of halogens is 1. The Bertz CT molecular complexity index is 409. The molecule has 0 saturated carbocycles. The highest BCUT2D eigenvalue weighted by Crippen LogP contribution is 2.10. The first-order valence-electron chi connectivity index (χ1n) is 6.73. The number of carbonyl (C=O) groups excluding carboxylic acids is 1. The van der Waals surface area contributed by atoms with Crippen molar-refractivity contribution in [2.24, 2.45) is 5.92 Å². The quantitative estimate of drug-likeness (QED) is 0.819. The Morgan fingerprint density at radius 1 is 1.42 bits per heavy atom. The molecule has 1 rings (SSSR count). The number of nitrogens with one attached hydrogen (secondary N) is 1. The lowest BCUT2D eigenvalue weighted by atomic mass is 10.0. The molecule has 1 aromatic carbocycles. The summed E-state index contributed by atoms with van der Waals surface area (Å²) in [5, 5.41) is 3.03. The Labute approximate surface area is 114 Å². The minimum absolute atomic E-state index is 0.00406. The molecule has 4 heteroatoms. The number of nitrogens with zero attached hydrogens (tertiary/aromatic N) is 1. The number of benzene rings is 1. The SMILES string of the molecule is CCC(CNC)C(=O)N(C)CCc1ccccc1F. The topological polar surface area (TPSA) is 32.3 Å². The molecular formula is C15H23FN2O. The molecule has 0 bridgehead atoms. The van der Waals surface area contributed by atoms with Crippen LogP contribution in [0.15, 0.2) is 24.3 Å². The summed E-state index contributed by atoms with van der Waals surface area (Å²) in [6.07, 6.45) is 1.36. The van der Waals surface area contributed by atoms with Crippen molar-refractivity contribution in [1.29, 1.82) is 0 Å². The average molecular weight is 266 g/mol. The van der Waals surface area contributed by atoms with Crippen LogP contribution < -0.4 is 5.32 Å². The molecule has 19 heavy (non-hydrogen) atoms. The molecule has 1 N–H and O–H groups in total. The molecule has 3 nitrogen and oxygen atoms in total. The number of carbonyl (C=O) groups is 1. The number of hydrogen-bond acceptors (Lipinski definition) is 2. The second-order valence-electron chi connectivity index (χ2n) is 4.76. The third-order valence-electron chi connectivity index (χ3n) is 3.34. The maximum Gasteiger partial charge on any atom is 0.226 e. The van der Waals surface area contributed by atoms with E-state index in [1.807, 2.05) is 20.0 Å². The van der Waals surface area contributed by atoms with E-state index in [9.17, 15) is 9.18 Å². The summed E-state index contributed by atoms with van der Waals surface area (Å²) in [6.45, 7) is 3.23. The smallest absolute Gasteiger partial charge is 0.226 e. The molecule has 1 aromatic rings. The molecule has 0 aromatic heterocycles. The van der Waals surface area contributed by atoms with E-state index in [4.69, 9.17) is 0 Å². The number of likely N-dealkylation sites (N-methyl/N-ethyl adjacent to an activating group) is 1. The Balaban J connectivity index is 2.53. The summed E-state index contributed by atoms with van der Waals surface area (Å²) in [7, 11) is 3.62. The number of hydrogen-bond donors (Lipinski definition) is 1. The summed E-state index contributed by atoms with van der Waals surface area (Å²) in [5.41, 5.74) is 0.656. The predicted octanol–water partition coefficient (Wildman–Crippen LogP) is 2.07. The lowest BCUT2D eigenvalue weighted by Gasteiger charge is -2.23. The molecule has 106 valence electrons. The molecule has 0 aliphatic heterocycles. The van der Waals surface area contributed by atoms with Gasteiger partial charge in [0, 0.05) is 20.1 Å². The van der Waals surface area contributed by atoms with Gasteiger partial charge in [0.15, 0.2) is 0 Å². The van der Waals surface area contributed by atoms with Crippen LogP contribution in [0.5, 0.6) is 0 Å². The highest BCUT2D eigenvalue weighted by molar-refractivity contribution is 5.78. The highest BCUT2D eigenvalue weighted by Gasteiger charge is 2.19. The van der Waals surface area contributed by atoms with Gasteiger partial charge in [0.1, 0.15) is 5.82 Å². The fourth-order valence-electron chi connectivity index (χ4n) is 2.06. The normalized spacial score (nSPS) is 12.2. The van der Waals surface area contributed by atoms with Crippen LogP contribution in [0, 0.1) is 11.7 Å². The molecule has 0 aliphatic carbocycles. The van der Waals surface area contributed by atoms with Crippen LogP contribution in [0.4, 0.5) is 4.39 Å². The third kappa shape index (κ3) is 4.63. The second-order valence-corrected chi connectivity index (χ2v) is 4.76. The van der Waals surface area contributed by atoms with Crippen molar-refractivity contribution in [3.05, 3.63) is 35.6 Å². The Kier molecular flexibility index (Phi) is 6.50. The zero-order chi connectivity index (χ0) is 14.3. The van der Waals surface area contributed by atoms with Gasteiger partial charge in [0.05, 0.1) is 5.92 Å². The fraction of sp³-hybridized carbons (Fsp3) is 0.533. The maximum atomic E-state index is 13.5. The van der Waals surface area contributed by atoms with Crippen LogP contribution in [-0.4, -0.2) is 38.0 Å². The highest BCUT2D eigenvalue weighted by atomic mass is 19.1. The lowest BCUT2D eigenvalue weighted by molar-refractivity contribution is -0.134. The monoisotopic (exact) mass is 266 g/mol. The predicted molar refractivity (Wildman–Crippen MR) is 75.4 cm³/mol. The van der Waals surface area contributed by atoms with E-state index >= 15 is 0 Å². The molecule has 1 unspecified atom stereocenters. The van der Waals surface area contributed by atoms with Crippen molar-refractivity contribution in [2.45, 2.75) is 19.8 Å². The van der Waals surface area contributed by atoms with Gasteiger partial charge in [0.25, 0.3) is 0 Å². The molecular weight excluding hydrogens is 243 g/mol. The molecule has 1 atom stereocenters. The molecule has 0 aliphatic rings. The van der Waals surface area contributed by atoms with E-state index in [1.54, 1.807) is 24.1 Å². The van der Waals surface area contributed by atoms with Crippen LogP contribution in [-0.2, 0) is 11.2 Å². The van der Waals surface area contributed by atoms with Crippen LogP contribution in [0.2, 0.25) is 0 Å². The van der Waals surface area contributed by atoms with Crippen molar-refractivity contribution in [3.63, 3.8) is 0 Å². The van der Waals surface area contributed by atoms with Crippen LogP contribution in [0.1, 0.15) is 18.9 Å². The summed E-state index contributed by atoms with van der Waals surface area (Å²) < 4.78 is 13.5. The Hall–Kier alpha value is -1.42. The summed E-state index contributed by atoms with van der Waals surface area (Å²) in [4.78, 5) is 13.9. The van der Waals surface area contributed by atoms with Gasteiger partial charge in [-0.05, 0) is 31.5 Å². The standard InChI is InChI=1S/C15H23FN2O/c1-4-12(11-17-2)15(19)18(3)10-9-13-7-5-6-8-14(13)16/h5-8,12,17H,4,9-11H2,1-3H3. The van der Waals surface area contributed by atoms with Crippen molar-refractivity contribution < 1.29 is 9.18 Å². The molecule has 1 amide bonds. The average Bonchev–Trinajstić information content (AvgIpc) is 2.42. The molecule has 0 saturated heterocycles. The first-order chi connectivity index (χ1) is 9.10. The van der Waals surface area contributed by atoms with Gasteiger partial charge in [-0.3, -0.25) is 4.79 Å². The minimum Gasteiger partial charge on any atom is -0.345 e. The molecule has 0 spiro atoms. The minimum atomic E-state index is -0.203. The van der Waals surface area contributed by atoms with E-state index in [1.165, 1.54) is 6.07 Å². The van der Waals surface area contributed by atoms with Crippen molar-refractivity contribution in [2.75, 3.05) is 27.2 Å². The van der Waals surface area contributed by atoms with Gasteiger partial charge < -0.3 is 10.2 Å². The molecule has 0 heterocycles. The third-order valence-corrected chi connectivity index (χ3v) is 3.34. The first-order valence-corrected chi connectivity index (χ1v) is 6.73. The van der Waals surface area contributed by atoms with Gasteiger partial charge in [0.2, 0.25) is 5.91 Å². The van der Waals surface area contributed by atoms with E-state index in [0.717, 1.165) is 6.42 Å².